The molecule has 1 aromatic heterocycles. The molecule has 144 valence electrons. The van der Waals surface area contributed by atoms with E-state index in [1.165, 1.54) is 0 Å². The Morgan fingerprint density at radius 3 is 2.67 bits per heavy atom. The molecule has 0 bridgehead atoms. The molecule has 2 N–H and O–H groups in total. The minimum atomic E-state index is -0.106. The zero-order valence-electron chi connectivity index (χ0n) is 15.3. The Kier molecular flexibility index (Phi) is 6.59. The number of nitrogens with zero attached hydrogens (tertiary/aromatic N) is 3. The van der Waals surface area contributed by atoms with Crippen LogP contribution in [0, 0.1) is 0 Å². The summed E-state index contributed by atoms with van der Waals surface area (Å²) in [5.74, 6) is 1.35. The van der Waals surface area contributed by atoms with E-state index in [0.29, 0.717) is 6.54 Å². The molecule has 1 aromatic carbocycles. The number of furan rings is 1. The van der Waals surface area contributed by atoms with Gasteiger partial charge in [0.2, 0.25) is 5.91 Å². The van der Waals surface area contributed by atoms with Crippen LogP contribution < -0.4 is 15.5 Å². The monoisotopic (exact) mass is 389 g/mol. The molecule has 0 spiro atoms. The Morgan fingerprint density at radius 2 is 2.00 bits per heavy atom. The molecule has 8 heteroatoms. The Morgan fingerprint density at radius 1 is 1.19 bits per heavy atom. The van der Waals surface area contributed by atoms with Gasteiger partial charge in [-0.15, -0.1) is 0 Å². The SMILES string of the molecule is CN=C(NCC(=O)NCc1ccco1)N1CCN(c2cccc(Cl)c2)CC1. The first-order chi connectivity index (χ1) is 13.2. The Hall–Kier alpha value is -2.67. The fourth-order valence-corrected chi connectivity index (χ4v) is 3.19. The lowest BCUT2D eigenvalue weighted by Crippen LogP contribution is -2.53. The Labute approximate surface area is 164 Å². The van der Waals surface area contributed by atoms with E-state index in [-0.39, 0.29) is 12.5 Å². The van der Waals surface area contributed by atoms with Gasteiger partial charge in [0.25, 0.3) is 0 Å². The first kappa shape index (κ1) is 19.1. The lowest BCUT2D eigenvalue weighted by molar-refractivity contribution is -0.120. The number of nitrogens with one attached hydrogen (secondary N) is 2. The third-order valence-electron chi connectivity index (χ3n) is 4.41. The molecule has 0 aliphatic carbocycles. The van der Waals surface area contributed by atoms with Crippen molar-refractivity contribution in [3.63, 3.8) is 0 Å². The van der Waals surface area contributed by atoms with Crippen LogP contribution in [0.3, 0.4) is 0 Å². The fraction of sp³-hybridized carbons (Fsp3) is 0.368. The van der Waals surface area contributed by atoms with E-state index in [9.17, 15) is 4.79 Å². The number of benzene rings is 1. The van der Waals surface area contributed by atoms with Crippen molar-refractivity contribution in [1.29, 1.82) is 0 Å². The summed E-state index contributed by atoms with van der Waals surface area (Å²) in [5, 5.41) is 6.68. The van der Waals surface area contributed by atoms with Gasteiger partial charge in [0.05, 0.1) is 19.4 Å². The van der Waals surface area contributed by atoms with Crippen LogP contribution in [-0.2, 0) is 11.3 Å². The topological polar surface area (TPSA) is 73.1 Å². The van der Waals surface area contributed by atoms with E-state index in [1.807, 2.05) is 24.3 Å². The van der Waals surface area contributed by atoms with Crippen molar-refractivity contribution < 1.29 is 9.21 Å². The summed E-state index contributed by atoms with van der Waals surface area (Å²) >= 11 is 6.08. The second-order valence-corrected chi connectivity index (χ2v) is 6.65. The van der Waals surface area contributed by atoms with E-state index >= 15 is 0 Å². The van der Waals surface area contributed by atoms with Crippen molar-refractivity contribution in [3.05, 3.63) is 53.4 Å². The maximum Gasteiger partial charge on any atom is 0.239 e. The van der Waals surface area contributed by atoms with Gasteiger partial charge in [-0.05, 0) is 30.3 Å². The lowest BCUT2D eigenvalue weighted by Gasteiger charge is -2.37. The van der Waals surface area contributed by atoms with Crippen LogP contribution in [0.1, 0.15) is 5.76 Å². The fourth-order valence-electron chi connectivity index (χ4n) is 3.00. The Balaban J connectivity index is 1.44. The summed E-state index contributed by atoms with van der Waals surface area (Å²) in [7, 11) is 1.73. The smallest absolute Gasteiger partial charge is 0.239 e. The number of hydrogen-bond donors (Lipinski definition) is 2. The summed E-state index contributed by atoms with van der Waals surface area (Å²) < 4.78 is 5.20. The molecular formula is C19H24ClN5O2. The lowest BCUT2D eigenvalue weighted by atomic mass is 10.2. The number of halogens is 1. The molecule has 0 atom stereocenters. The van der Waals surface area contributed by atoms with Crippen LogP contribution in [0.15, 0.2) is 52.1 Å². The molecule has 1 saturated heterocycles. The van der Waals surface area contributed by atoms with Crippen molar-refractivity contribution in [2.24, 2.45) is 4.99 Å². The number of piperazine rings is 1. The number of amides is 1. The van der Waals surface area contributed by atoms with Crippen LogP contribution in [0.5, 0.6) is 0 Å². The number of hydrogen-bond acceptors (Lipinski definition) is 4. The molecule has 1 aliphatic rings. The van der Waals surface area contributed by atoms with Gasteiger partial charge in [0, 0.05) is 43.9 Å². The number of rotatable bonds is 5. The molecule has 0 radical (unpaired) electrons. The predicted molar refractivity (Wildman–Crippen MR) is 107 cm³/mol. The maximum absolute atomic E-state index is 12.0. The van der Waals surface area contributed by atoms with Gasteiger partial charge in [-0.1, -0.05) is 17.7 Å². The number of carbonyl (C=O) groups excluding carboxylic acids is 1. The van der Waals surface area contributed by atoms with E-state index in [1.54, 1.807) is 19.4 Å². The van der Waals surface area contributed by atoms with E-state index in [2.05, 4.69) is 31.5 Å². The first-order valence-corrected chi connectivity index (χ1v) is 9.28. The van der Waals surface area contributed by atoms with Gasteiger partial charge in [0.1, 0.15) is 5.76 Å². The molecule has 3 rings (SSSR count). The van der Waals surface area contributed by atoms with Gasteiger partial charge < -0.3 is 24.9 Å². The van der Waals surface area contributed by atoms with Crippen molar-refractivity contribution in [1.82, 2.24) is 15.5 Å². The highest BCUT2D eigenvalue weighted by Gasteiger charge is 2.20. The van der Waals surface area contributed by atoms with Gasteiger partial charge in [-0.3, -0.25) is 9.79 Å². The minimum absolute atomic E-state index is 0.106. The summed E-state index contributed by atoms with van der Waals surface area (Å²) in [6.45, 7) is 3.92. The van der Waals surface area contributed by atoms with Crippen molar-refractivity contribution in [2.75, 3.05) is 44.7 Å². The average molecular weight is 390 g/mol. The van der Waals surface area contributed by atoms with Crippen molar-refractivity contribution in [3.8, 4) is 0 Å². The van der Waals surface area contributed by atoms with Crippen molar-refractivity contribution >= 4 is 29.2 Å². The third kappa shape index (κ3) is 5.40. The summed E-state index contributed by atoms with van der Waals surface area (Å²) in [6.07, 6.45) is 1.59. The maximum atomic E-state index is 12.0. The molecule has 0 unspecified atom stereocenters. The second kappa shape index (κ2) is 9.32. The zero-order valence-corrected chi connectivity index (χ0v) is 16.1. The van der Waals surface area contributed by atoms with Gasteiger partial charge >= 0.3 is 0 Å². The number of anilines is 1. The predicted octanol–water partition coefficient (Wildman–Crippen LogP) is 1.95. The highest BCUT2D eigenvalue weighted by atomic mass is 35.5. The first-order valence-electron chi connectivity index (χ1n) is 8.91. The molecule has 27 heavy (non-hydrogen) atoms. The van der Waals surface area contributed by atoms with E-state index < -0.39 is 0 Å². The highest BCUT2D eigenvalue weighted by Crippen LogP contribution is 2.20. The normalized spacial score (nSPS) is 15.0. The highest BCUT2D eigenvalue weighted by molar-refractivity contribution is 6.30. The van der Waals surface area contributed by atoms with Crippen molar-refractivity contribution in [2.45, 2.75) is 6.54 Å². The summed E-state index contributed by atoms with van der Waals surface area (Å²) in [6, 6.07) is 11.5. The van der Waals surface area contributed by atoms with E-state index in [4.69, 9.17) is 16.0 Å². The zero-order chi connectivity index (χ0) is 19.1. The standard InChI is InChI=1S/C19H24ClN5O2/c1-21-19(23-14-18(26)22-13-17-6-3-11-27-17)25-9-7-24(8-10-25)16-5-2-4-15(20)12-16/h2-6,11-12H,7-10,13-14H2,1H3,(H,21,23)(H,22,26). The largest absolute Gasteiger partial charge is 0.467 e. The minimum Gasteiger partial charge on any atom is -0.467 e. The average Bonchev–Trinajstić information content (AvgIpc) is 3.21. The van der Waals surface area contributed by atoms with Gasteiger partial charge in [-0.25, -0.2) is 0 Å². The van der Waals surface area contributed by atoms with Gasteiger partial charge in [0.15, 0.2) is 5.96 Å². The molecule has 1 amide bonds. The quantitative estimate of drug-likeness (QED) is 0.604. The summed E-state index contributed by atoms with van der Waals surface area (Å²) in [4.78, 5) is 20.8. The Bertz CT molecular complexity index is 770. The van der Waals surface area contributed by atoms with Crippen LogP contribution >= 0.6 is 11.6 Å². The molecule has 1 fully saturated rings. The molecule has 1 aliphatic heterocycles. The van der Waals surface area contributed by atoms with Crippen LogP contribution in [0.2, 0.25) is 5.02 Å². The number of carbonyl (C=O) groups is 1. The third-order valence-corrected chi connectivity index (χ3v) is 4.65. The molecule has 2 heterocycles. The van der Waals surface area contributed by atoms with Gasteiger partial charge in [-0.2, -0.15) is 0 Å². The molecular weight excluding hydrogens is 366 g/mol. The molecule has 7 nitrogen and oxygen atoms in total. The number of aliphatic imine (C=N–C) groups is 1. The molecule has 0 saturated carbocycles. The van der Waals surface area contributed by atoms with E-state index in [0.717, 1.165) is 48.6 Å². The van der Waals surface area contributed by atoms with Crippen LogP contribution in [0.25, 0.3) is 0 Å². The number of guanidine groups is 1. The summed E-state index contributed by atoms with van der Waals surface area (Å²) in [5.41, 5.74) is 1.13. The van der Waals surface area contributed by atoms with Crippen LogP contribution in [0.4, 0.5) is 5.69 Å². The van der Waals surface area contributed by atoms with Crippen LogP contribution in [-0.4, -0.2) is 56.5 Å². The second-order valence-electron chi connectivity index (χ2n) is 6.21. The molecule has 2 aromatic rings.